The van der Waals surface area contributed by atoms with E-state index in [1.54, 1.807) is 7.11 Å². The second kappa shape index (κ2) is 7.44. The molecule has 2 aromatic carbocycles. The number of benzene rings is 2. The van der Waals surface area contributed by atoms with Crippen molar-refractivity contribution in [1.82, 2.24) is 9.97 Å². The van der Waals surface area contributed by atoms with Crippen molar-refractivity contribution in [2.24, 2.45) is 0 Å². The van der Waals surface area contributed by atoms with E-state index in [1.165, 1.54) is 6.33 Å². The molecule has 0 aliphatic rings. The molecule has 1 aromatic heterocycles. The first-order valence-corrected chi connectivity index (χ1v) is 7.50. The first kappa shape index (κ1) is 15.8. The Morgan fingerprint density at radius 1 is 1.12 bits per heavy atom. The van der Waals surface area contributed by atoms with Crippen molar-refractivity contribution in [3.8, 4) is 18.1 Å². The van der Waals surface area contributed by atoms with E-state index in [0.29, 0.717) is 13.2 Å². The number of terminal acetylenes is 1. The molecular weight excluding hydrogens is 302 g/mol. The summed E-state index contributed by atoms with van der Waals surface area (Å²) in [6.07, 6.45) is 6.97. The maximum atomic E-state index is 5.61. The van der Waals surface area contributed by atoms with Gasteiger partial charge in [0.15, 0.2) is 0 Å². The predicted molar refractivity (Wildman–Crippen MR) is 94.6 cm³/mol. The summed E-state index contributed by atoms with van der Waals surface area (Å²) in [6, 6.07) is 13.3. The highest BCUT2D eigenvalue weighted by Gasteiger charge is 2.06. The molecule has 0 aliphatic heterocycles. The van der Waals surface area contributed by atoms with Crippen LogP contribution in [0.2, 0.25) is 0 Å². The Morgan fingerprint density at radius 2 is 2.04 bits per heavy atom. The summed E-state index contributed by atoms with van der Waals surface area (Å²) in [5.41, 5.74) is 2.49. The van der Waals surface area contributed by atoms with E-state index in [0.717, 1.165) is 33.7 Å². The Hall–Kier alpha value is -3.10. The van der Waals surface area contributed by atoms with Crippen LogP contribution in [0.3, 0.4) is 0 Å². The molecule has 0 unspecified atom stereocenters. The number of ether oxygens (including phenoxy) is 2. The molecular formula is C19H17N3O2. The van der Waals surface area contributed by atoms with Crippen LogP contribution in [0.5, 0.6) is 5.75 Å². The van der Waals surface area contributed by atoms with E-state index >= 15 is 0 Å². The van der Waals surface area contributed by atoms with Crippen LogP contribution in [0.15, 0.2) is 48.8 Å². The van der Waals surface area contributed by atoms with Crippen LogP contribution in [-0.2, 0) is 4.74 Å². The molecule has 5 heteroatoms. The number of hydrogen-bond donors (Lipinski definition) is 1. The van der Waals surface area contributed by atoms with Gasteiger partial charge in [-0.05, 0) is 30.3 Å². The third kappa shape index (κ3) is 3.62. The largest absolute Gasteiger partial charge is 0.491 e. The van der Waals surface area contributed by atoms with Gasteiger partial charge in [-0.3, -0.25) is 0 Å². The fourth-order valence-electron chi connectivity index (χ4n) is 2.29. The number of methoxy groups -OCH3 is 1. The van der Waals surface area contributed by atoms with Gasteiger partial charge in [0.1, 0.15) is 24.5 Å². The third-order valence-corrected chi connectivity index (χ3v) is 3.46. The quantitative estimate of drug-likeness (QED) is 0.557. The Labute approximate surface area is 140 Å². The van der Waals surface area contributed by atoms with Gasteiger partial charge >= 0.3 is 0 Å². The maximum absolute atomic E-state index is 5.61. The zero-order valence-corrected chi connectivity index (χ0v) is 13.3. The van der Waals surface area contributed by atoms with Crippen molar-refractivity contribution in [2.75, 3.05) is 25.6 Å². The molecule has 3 aromatic rings. The van der Waals surface area contributed by atoms with E-state index < -0.39 is 0 Å². The molecule has 24 heavy (non-hydrogen) atoms. The monoisotopic (exact) mass is 319 g/mol. The Kier molecular flexibility index (Phi) is 4.90. The van der Waals surface area contributed by atoms with Crippen molar-refractivity contribution in [3.05, 3.63) is 54.4 Å². The highest BCUT2D eigenvalue weighted by molar-refractivity contribution is 5.91. The van der Waals surface area contributed by atoms with Crippen LogP contribution in [0.1, 0.15) is 5.56 Å². The molecule has 0 bridgehead atoms. The average Bonchev–Trinajstić information content (AvgIpc) is 2.62. The fraction of sp³-hybridized carbons (Fsp3) is 0.158. The van der Waals surface area contributed by atoms with Gasteiger partial charge in [-0.1, -0.05) is 12.0 Å². The average molecular weight is 319 g/mol. The second-order valence-electron chi connectivity index (χ2n) is 5.09. The zero-order valence-electron chi connectivity index (χ0n) is 13.3. The lowest BCUT2D eigenvalue weighted by Gasteiger charge is -2.10. The van der Waals surface area contributed by atoms with E-state index in [4.69, 9.17) is 15.9 Å². The van der Waals surface area contributed by atoms with Crippen LogP contribution in [0, 0.1) is 12.3 Å². The molecule has 0 amide bonds. The van der Waals surface area contributed by atoms with Crippen LogP contribution < -0.4 is 10.1 Å². The smallest absolute Gasteiger partial charge is 0.141 e. The summed E-state index contributed by atoms with van der Waals surface area (Å²) in [4.78, 5) is 8.64. The van der Waals surface area contributed by atoms with Crippen LogP contribution in [0.25, 0.3) is 10.9 Å². The first-order valence-electron chi connectivity index (χ1n) is 7.50. The summed E-state index contributed by atoms with van der Waals surface area (Å²) in [7, 11) is 1.64. The van der Waals surface area contributed by atoms with E-state index in [1.807, 2.05) is 42.5 Å². The van der Waals surface area contributed by atoms with Gasteiger partial charge in [0, 0.05) is 29.8 Å². The van der Waals surface area contributed by atoms with Crippen molar-refractivity contribution < 1.29 is 9.47 Å². The number of nitrogens with zero attached hydrogens (tertiary/aromatic N) is 2. The highest BCUT2D eigenvalue weighted by Crippen LogP contribution is 2.26. The predicted octanol–water partition coefficient (Wildman–Crippen LogP) is 3.38. The minimum Gasteiger partial charge on any atom is -0.491 e. The molecule has 0 fully saturated rings. The zero-order chi connectivity index (χ0) is 16.8. The minimum absolute atomic E-state index is 0.497. The minimum atomic E-state index is 0.497. The van der Waals surface area contributed by atoms with Crippen LogP contribution in [0.4, 0.5) is 11.5 Å². The molecule has 0 saturated carbocycles. The topological polar surface area (TPSA) is 56.3 Å². The van der Waals surface area contributed by atoms with Crippen LogP contribution in [-0.4, -0.2) is 30.3 Å². The van der Waals surface area contributed by atoms with E-state index in [-0.39, 0.29) is 0 Å². The summed E-state index contributed by atoms with van der Waals surface area (Å²) >= 11 is 0. The van der Waals surface area contributed by atoms with Gasteiger partial charge in [-0.15, -0.1) is 6.42 Å². The summed E-state index contributed by atoms with van der Waals surface area (Å²) in [5.74, 6) is 4.09. The molecule has 3 rings (SSSR count). The maximum Gasteiger partial charge on any atom is 0.141 e. The molecule has 0 radical (unpaired) electrons. The molecule has 0 spiro atoms. The molecule has 0 saturated heterocycles. The van der Waals surface area contributed by atoms with Crippen molar-refractivity contribution >= 4 is 22.4 Å². The SMILES string of the molecule is C#Cc1cccc(Nc2ncnc3cc(OCCOC)ccc23)c1. The van der Waals surface area contributed by atoms with Gasteiger partial charge in [-0.25, -0.2) is 9.97 Å². The van der Waals surface area contributed by atoms with Gasteiger partial charge in [0.2, 0.25) is 0 Å². The molecule has 1 heterocycles. The lowest BCUT2D eigenvalue weighted by Crippen LogP contribution is -2.04. The molecule has 5 nitrogen and oxygen atoms in total. The number of aromatic nitrogens is 2. The number of fused-ring (bicyclic) bond motifs is 1. The van der Waals surface area contributed by atoms with E-state index in [2.05, 4.69) is 21.2 Å². The highest BCUT2D eigenvalue weighted by atomic mass is 16.5. The number of anilines is 2. The number of nitrogens with one attached hydrogen (secondary N) is 1. The molecule has 1 N–H and O–H groups in total. The van der Waals surface area contributed by atoms with Crippen molar-refractivity contribution in [3.63, 3.8) is 0 Å². The Bertz CT molecular complexity index is 887. The lowest BCUT2D eigenvalue weighted by molar-refractivity contribution is 0.146. The van der Waals surface area contributed by atoms with Gasteiger partial charge in [-0.2, -0.15) is 0 Å². The second-order valence-corrected chi connectivity index (χ2v) is 5.09. The number of rotatable bonds is 6. The first-order chi connectivity index (χ1) is 11.8. The van der Waals surface area contributed by atoms with Gasteiger partial charge < -0.3 is 14.8 Å². The van der Waals surface area contributed by atoms with Crippen LogP contribution >= 0.6 is 0 Å². The van der Waals surface area contributed by atoms with Gasteiger partial charge in [0.05, 0.1) is 12.1 Å². The summed E-state index contributed by atoms with van der Waals surface area (Å²) in [5, 5.41) is 4.19. The number of hydrogen-bond acceptors (Lipinski definition) is 5. The molecule has 0 atom stereocenters. The van der Waals surface area contributed by atoms with E-state index in [9.17, 15) is 0 Å². The summed E-state index contributed by atoms with van der Waals surface area (Å²) in [6.45, 7) is 1.04. The third-order valence-electron chi connectivity index (χ3n) is 3.46. The summed E-state index contributed by atoms with van der Waals surface area (Å²) < 4.78 is 10.6. The van der Waals surface area contributed by atoms with Crippen molar-refractivity contribution in [1.29, 1.82) is 0 Å². The van der Waals surface area contributed by atoms with Gasteiger partial charge in [0.25, 0.3) is 0 Å². The Balaban J connectivity index is 1.87. The standard InChI is InChI=1S/C19H17N3O2/c1-3-14-5-4-6-15(11-14)22-19-17-8-7-16(24-10-9-23-2)12-18(17)20-13-21-19/h1,4-8,11-13H,9-10H2,2H3,(H,20,21,22). The fourth-order valence-corrected chi connectivity index (χ4v) is 2.29. The lowest BCUT2D eigenvalue weighted by atomic mass is 10.2. The normalized spacial score (nSPS) is 10.3. The van der Waals surface area contributed by atoms with Crippen molar-refractivity contribution in [2.45, 2.75) is 0 Å². The molecule has 120 valence electrons. The molecule has 0 aliphatic carbocycles. The Morgan fingerprint density at radius 3 is 2.88 bits per heavy atom.